The summed E-state index contributed by atoms with van der Waals surface area (Å²) in [7, 11) is 1.74. The molecule has 1 rings (SSSR count). The van der Waals surface area contributed by atoms with Crippen molar-refractivity contribution in [2.75, 3.05) is 20.3 Å². The Morgan fingerprint density at radius 1 is 1.50 bits per heavy atom. The summed E-state index contributed by atoms with van der Waals surface area (Å²) in [5, 5.41) is 3.46. The van der Waals surface area contributed by atoms with Gasteiger partial charge in [-0.2, -0.15) is 0 Å². The first-order valence-corrected chi connectivity index (χ1v) is 4.82. The highest BCUT2D eigenvalue weighted by Crippen LogP contribution is 2.16. The van der Waals surface area contributed by atoms with Crippen LogP contribution in [0, 0.1) is 0 Å². The highest BCUT2D eigenvalue weighted by molar-refractivity contribution is 4.85. The summed E-state index contributed by atoms with van der Waals surface area (Å²) in [4.78, 5) is 0. The molecular weight excluding hydrogens is 152 g/mol. The van der Waals surface area contributed by atoms with Gasteiger partial charge in [0.05, 0.1) is 0 Å². The molecule has 0 heterocycles. The number of ether oxygens (including phenoxy) is 1. The third-order valence-electron chi connectivity index (χ3n) is 2.50. The van der Waals surface area contributed by atoms with Gasteiger partial charge in [-0.05, 0) is 25.8 Å². The van der Waals surface area contributed by atoms with Crippen molar-refractivity contribution in [3.63, 3.8) is 0 Å². The molecule has 1 aliphatic rings. The second kappa shape index (κ2) is 5.51. The lowest BCUT2D eigenvalue weighted by molar-refractivity contribution is 0.193. The zero-order valence-electron chi connectivity index (χ0n) is 7.88. The van der Waals surface area contributed by atoms with Crippen LogP contribution in [0.3, 0.4) is 0 Å². The van der Waals surface area contributed by atoms with Crippen LogP contribution in [0.25, 0.3) is 0 Å². The van der Waals surface area contributed by atoms with Crippen LogP contribution in [0.15, 0.2) is 0 Å². The third-order valence-corrected chi connectivity index (χ3v) is 2.50. The maximum absolute atomic E-state index is 5.90. The molecule has 0 aromatic carbocycles. The Hall–Kier alpha value is -0.120. The molecule has 1 fully saturated rings. The quantitative estimate of drug-likeness (QED) is 0.593. The number of nitrogens with one attached hydrogen (secondary N) is 1. The molecule has 0 spiro atoms. The SMILES string of the molecule is COCCCN[C@@H]1CCC[C@H]1N. The van der Waals surface area contributed by atoms with E-state index in [2.05, 4.69) is 5.32 Å². The van der Waals surface area contributed by atoms with Gasteiger partial charge in [0.15, 0.2) is 0 Å². The molecule has 72 valence electrons. The average molecular weight is 172 g/mol. The lowest BCUT2D eigenvalue weighted by Crippen LogP contribution is -2.41. The van der Waals surface area contributed by atoms with Crippen LogP contribution >= 0.6 is 0 Å². The van der Waals surface area contributed by atoms with E-state index in [4.69, 9.17) is 10.5 Å². The summed E-state index contributed by atoms with van der Waals surface area (Å²) >= 11 is 0. The van der Waals surface area contributed by atoms with E-state index < -0.39 is 0 Å². The van der Waals surface area contributed by atoms with Gasteiger partial charge in [0.2, 0.25) is 0 Å². The first kappa shape index (κ1) is 9.96. The normalized spacial score (nSPS) is 29.5. The predicted molar refractivity (Wildman–Crippen MR) is 50.1 cm³/mol. The zero-order valence-corrected chi connectivity index (χ0v) is 7.88. The van der Waals surface area contributed by atoms with Crippen LogP contribution in [0.1, 0.15) is 25.7 Å². The van der Waals surface area contributed by atoms with Gasteiger partial charge < -0.3 is 15.8 Å². The van der Waals surface area contributed by atoms with Crippen LogP contribution in [0.4, 0.5) is 0 Å². The molecule has 1 aliphatic carbocycles. The maximum atomic E-state index is 5.90. The van der Waals surface area contributed by atoms with Crippen LogP contribution in [0.5, 0.6) is 0 Å². The molecule has 1 saturated carbocycles. The van der Waals surface area contributed by atoms with Gasteiger partial charge in [-0.1, -0.05) is 6.42 Å². The monoisotopic (exact) mass is 172 g/mol. The molecule has 0 amide bonds. The fourth-order valence-electron chi connectivity index (χ4n) is 1.75. The van der Waals surface area contributed by atoms with E-state index in [9.17, 15) is 0 Å². The van der Waals surface area contributed by atoms with Crippen molar-refractivity contribution in [3.05, 3.63) is 0 Å². The summed E-state index contributed by atoms with van der Waals surface area (Å²) < 4.78 is 4.96. The Labute approximate surface area is 74.7 Å². The molecule has 3 nitrogen and oxygen atoms in total. The Morgan fingerprint density at radius 3 is 2.92 bits per heavy atom. The number of hydrogen-bond donors (Lipinski definition) is 2. The van der Waals surface area contributed by atoms with Crippen LogP contribution in [-0.4, -0.2) is 32.3 Å². The first-order valence-electron chi connectivity index (χ1n) is 4.82. The lowest BCUT2D eigenvalue weighted by atomic mass is 10.2. The molecule has 2 atom stereocenters. The predicted octanol–water partition coefficient (Wildman–Crippen LogP) is 0.492. The summed E-state index contributed by atoms with van der Waals surface area (Å²) in [6, 6.07) is 0.939. The number of rotatable bonds is 5. The summed E-state index contributed by atoms with van der Waals surface area (Å²) in [5.74, 6) is 0. The van der Waals surface area contributed by atoms with E-state index >= 15 is 0 Å². The van der Waals surface area contributed by atoms with Crippen molar-refractivity contribution >= 4 is 0 Å². The molecular formula is C9H20N2O. The standard InChI is InChI=1S/C9H20N2O/c1-12-7-3-6-11-9-5-2-4-8(9)10/h8-9,11H,2-7,10H2,1H3/t8-,9-/m1/s1. The minimum Gasteiger partial charge on any atom is -0.385 e. The smallest absolute Gasteiger partial charge is 0.0474 e. The van der Waals surface area contributed by atoms with Crippen molar-refractivity contribution < 1.29 is 4.74 Å². The van der Waals surface area contributed by atoms with Crippen molar-refractivity contribution in [3.8, 4) is 0 Å². The summed E-state index contributed by atoms with van der Waals surface area (Å²) in [6.07, 6.45) is 4.79. The second-order valence-corrected chi connectivity index (χ2v) is 3.50. The van der Waals surface area contributed by atoms with E-state index in [1.807, 2.05) is 0 Å². The number of hydrogen-bond acceptors (Lipinski definition) is 3. The molecule has 3 N–H and O–H groups in total. The Morgan fingerprint density at radius 2 is 2.33 bits per heavy atom. The number of methoxy groups -OCH3 is 1. The molecule has 0 radical (unpaired) electrons. The van der Waals surface area contributed by atoms with Gasteiger partial charge in [-0.15, -0.1) is 0 Å². The van der Waals surface area contributed by atoms with Crippen molar-refractivity contribution in [1.29, 1.82) is 0 Å². The van der Waals surface area contributed by atoms with Gasteiger partial charge in [0.1, 0.15) is 0 Å². The molecule has 0 bridgehead atoms. The minimum absolute atomic E-state index is 0.382. The summed E-state index contributed by atoms with van der Waals surface area (Å²) in [6.45, 7) is 1.88. The van der Waals surface area contributed by atoms with E-state index in [0.29, 0.717) is 12.1 Å². The maximum Gasteiger partial charge on any atom is 0.0474 e. The molecule has 0 aromatic rings. The van der Waals surface area contributed by atoms with Gasteiger partial charge in [0.25, 0.3) is 0 Å². The van der Waals surface area contributed by atoms with E-state index in [1.54, 1.807) is 7.11 Å². The fraction of sp³-hybridized carbons (Fsp3) is 1.00. The van der Waals surface area contributed by atoms with Crippen LogP contribution < -0.4 is 11.1 Å². The Bertz CT molecular complexity index is 119. The van der Waals surface area contributed by atoms with Crippen molar-refractivity contribution in [2.45, 2.75) is 37.8 Å². The largest absolute Gasteiger partial charge is 0.385 e. The Balaban J connectivity index is 1.98. The summed E-state index contributed by atoms with van der Waals surface area (Å²) in [5.41, 5.74) is 5.90. The third kappa shape index (κ3) is 3.09. The average Bonchev–Trinajstić information content (AvgIpc) is 2.46. The van der Waals surface area contributed by atoms with Crippen molar-refractivity contribution in [1.82, 2.24) is 5.32 Å². The van der Waals surface area contributed by atoms with E-state index in [1.165, 1.54) is 19.3 Å². The van der Waals surface area contributed by atoms with Gasteiger partial charge >= 0.3 is 0 Å². The molecule has 0 aromatic heterocycles. The van der Waals surface area contributed by atoms with Crippen molar-refractivity contribution in [2.24, 2.45) is 5.73 Å². The van der Waals surface area contributed by atoms with Gasteiger partial charge in [-0.25, -0.2) is 0 Å². The van der Waals surface area contributed by atoms with Crippen LogP contribution in [-0.2, 0) is 4.74 Å². The van der Waals surface area contributed by atoms with E-state index in [0.717, 1.165) is 19.6 Å². The number of nitrogens with two attached hydrogens (primary N) is 1. The molecule has 0 saturated heterocycles. The first-order chi connectivity index (χ1) is 5.84. The molecule has 0 unspecified atom stereocenters. The van der Waals surface area contributed by atoms with Gasteiger partial charge in [0, 0.05) is 25.8 Å². The molecule has 12 heavy (non-hydrogen) atoms. The molecule has 0 aliphatic heterocycles. The second-order valence-electron chi connectivity index (χ2n) is 3.50. The topological polar surface area (TPSA) is 47.3 Å². The minimum atomic E-state index is 0.382. The van der Waals surface area contributed by atoms with Gasteiger partial charge in [-0.3, -0.25) is 0 Å². The van der Waals surface area contributed by atoms with Crippen LogP contribution in [0.2, 0.25) is 0 Å². The Kier molecular flexibility index (Phi) is 4.58. The van der Waals surface area contributed by atoms with E-state index in [-0.39, 0.29) is 0 Å². The molecule has 3 heteroatoms. The zero-order chi connectivity index (χ0) is 8.81. The lowest BCUT2D eigenvalue weighted by Gasteiger charge is -2.16. The fourth-order valence-corrected chi connectivity index (χ4v) is 1.75. The highest BCUT2D eigenvalue weighted by atomic mass is 16.5. The highest BCUT2D eigenvalue weighted by Gasteiger charge is 2.22.